The van der Waals surface area contributed by atoms with E-state index in [9.17, 15) is 19.2 Å². The van der Waals surface area contributed by atoms with Crippen LogP contribution in [0.25, 0.3) is 0 Å². The molecule has 0 aliphatic carbocycles. The zero-order valence-corrected chi connectivity index (χ0v) is 74.4. The minimum absolute atomic E-state index is 0. The molecule has 0 bridgehead atoms. The van der Waals surface area contributed by atoms with Crippen LogP contribution in [0.4, 0.5) is 41.1 Å². The van der Waals surface area contributed by atoms with Crippen LogP contribution in [0.5, 0.6) is 57.5 Å². The van der Waals surface area contributed by atoms with Crippen molar-refractivity contribution in [1.82, 2.24) is 61.1 Å². The number of amides is 4. The lowest BCUT2D eigenvalue weighted by atomic mass is 10.0. The maximum absolute atomic E-state index is 12.3. The van der Waals surface area contributed by atoms with Crippen molar-refractivity contribution in [3.05, 3.63) is 135 Å². The molecule has 0 unspecified atom stereocenters. The van der Waals surface area contributed by atoms with Crippen LogP contribution in [0.1, 0.15) is 172 Å². The van der Waals surface area contributed by atoms with Crippen LogP contribution in [0.3, 0.4) is 0 Å². The van der Waals surface area contributed by atoms with Crippen molar-refractivity contribution in [3.63, 3.8) is 0 Å². The first kappa shape index (κ1) is 103. The number of ether oxygens (including phenoxy) is 14. The van der Waals surface area contributed by atoms with Gasteiger partial charge in [-0.15, -0.1) is 0 Å². The van der Waals surface area contributed by atoms with Gasteiger partial charge in [0.25, 0.3) is 0 Å². The summed E-state index contributed by atoms with van der Waals surface area (Å²) >= 11 is 0. The molecule has 0 spiro atoms. The van der Waals surface area contributed by atoms with E-state index in [-0.39, 0.29) is 48.9 Å². The van der Waals surface area contributed by atoms with E-state index in [2.05, 4.69) is 67.2 Å². The van der Waals surface area contributed by atoms with Gasteiger partial charge < -0.3 is 128 Å². The fraction of sp³-hybridized carbons (Fsp3) is 0.511. The van der Waals surface area contributed by atoms with Crippen LogP contribution in [-0.4, -0.2) is 212 Å². The molecule has 4 heterocycles. The molecule has 127 heavy (non-hydrogen) atoms. The van der Waals surface area contributed by atoms with Crippen LogP contribution in [0.2, 0.25) is 0 Å². The molecule has 37 heteroatoms. The van der Waals surface area contributed by atoms with Crippen LogP contribution >= 0.6 is 0 Å². The molecule has 696 valence electrons. The largest absolute Gasteiger partial charge is 0.493 e. The molecule has 0 saturated heterocycles. The Hall–Kier alpha value is -12.5. The summed E-state index contributed by atoms with van der Waals surface area (Å²) in [7, 11) is 9.46. The maximum Gasteiger partial charge on any atom is 0.221 e. The second kappa shape index (κ2) is 57.9. The summed E-state index contributed by atoms with van der Waals surface area (Å²) in [4.78, 5) is 81.9. The quantitative estimate of drug-likeness (QED) is 0.0158. The number of aryl methyl sites for hydroxylation is 3. The maximum atomic E-state index is 12.3. The normalized spacial score (nSPS) is 10.8. The van der Waals surface area contributed by atoms with E-state index in [0.717, 1.165) is 62.1 Å². The minimum atomic E-state index is -0.0212. The van der Waals surface area contributed by atoms with Gasteiger partial charge in [0.1, 0.15) is 29.1 Å². The Bertz CT molecular complexity index is 4640. The van der Waals surface area contributed by atoms with E-state index in [0.29, 0.717) is 314 Å². The summed E-state index contributed by atoms with van der Waals surface area (Å²) in [6.45, 7) is 13.5. The van der Waals surface area contributed by atoms with E-state index in [1.807, 2.05) is 63.2 Å². The smallest absolute Gasteiger partial charge is 0.221 e. The van der Waals surface area contributed by atoms with Crippen molar-refractivity contribution >= 4 is 64.7 Å². The molecule has 18 N–H and O–H groups in total. The number of hydrogen-bond donors (Lipinski definition) is 11. The number of aromatic nitrogens is 8. The highest BCUT2D eigenvalue weighted by atomic mass is 16.6. The number of methoxy groups -OCH3 is 6. The number of nitrogens with zero attached hydrogens (tertiary/aromatic N) is 8. The average Bonchev–Trinajstić information content (AvgIpc) is 0.754. The highest BCUT2D eigenvalue weighted by Gasteiger charge is 2.21. The summed E-state index contributed by atoms with van der Waals surface area (Å²) in [5.41, 5.74) is 49.7. The third-order valence-electron chi connectivity index (χ3n) is 19.5. The first-order valence-corrected chi connectivity index (χ1v) is 42.4. The number of carbonyl (C=O) groups is 4. The Morgan fingerprint density at radius 3 is 0.795 bits per heavy atom. The first-order valence-electron chi connectivity index (χ1n) is 42.4. The van der Waals surface area contributed by atoms with Gasteiger partial charge >= 0.3 is 0 Å². The minimum Gasteiger partial charge on any atom is -0.493 e. The molecular weight excluding hydrogens is 1640 g/mol. The van der Waals surface area contributed by atoms with Gasteiger partial charge in [-0.3, -0.25) is 19.2 Å². The number of nitrogens with one attached hydrogen (secondary N) is 4. The van der Waals surface area contributed by atoms with E-state index in [4.69, 9.17) is 106 Å². The number of hydrogen-bond acceptors (Lipinski definition) is 33. The van der Waals surface area contributed by atoms with E-state index in [1.54, 1.807) is 67.4 Å². The zero-order valence-electron chi connectivity index (χ0n) is 74.4. The molecule has 0 radical (unpaired) electrons. The van der Waals surface area contributed by atoms with Crippen LogP contribution in [0.15, 0.2) is 73.3 Å². The number of unbranched alkanes of at least 4 members (excludes halogenated alkanes) is 4. The molecular formula is C90H133N19O18. The molecule has 8 rings (SSSR count). The predicted molar refractivity (Wildman–Crippen MR) is 487 cm³/mol. The molecule has 8 aromatic rings. The third-order valence-corrected chi connectivity index (χ3v) is 19.5. The Balaban J connectivity index is 0.000000391. The average molecular weight is 1770 g/mol. The van der Waals surface area contributed by atoms with E-state index < -0.39 is 0 Å². The van der Waals surface area contributed by atoms with Crippen molar-refractivity contribution in [2.75, 3.05) is 188 Å². The van der Waals surface area contributed by atoms with Gasteiger partial charge in [-0.1, -0.05) is 19.6 Å². The number of nitrogens with two attached hydrogens (primary N) is 7. The summed E-state index contributed by atoms with van der Waals surface area (Å²) in [5, 5.41) is 11.7. The van der Waals surface area contributed by atoms with E-state index >= 15 is 0 Å². The molecule has 4 aromatic carbocycles. The summed E-state index contributed by atoms with van der Waals surface area (Å²) in [5.74, 6) is 8.12. The molecule has 0 saturated carbocycles. The second-order valence-corrected chi connectivity index (χ2v) is 29.5. The topological polar surface area (TPSA) is 531 Å². The molecule has 37 nitrogen and oxygen atoms in total. The van der Waals surface area contributed by atoms with Gasteiger partial charge in [0.05, 0.1) is 95.5 Å². The number of rotatable bonds is 60. The zero-order chi connectivity index (χ0) is 90.8. The van der Waals surface area contributed by atoms with Crippen LogP contribution in [0, 0.1) is 20.8 Å². The molecule has 0 aliphatic heterocycles. The van der Waals surface area contributed by atoms with Crippen LogP contribution in [-0.2, 0) is 63.8 Å². The predicted octanol–water partition coefficient (Wildman–Crippen LogP) is 9.27. The van der Waals surface area contributed by atoms with Crippen molar-refractivity contribution in [2.45, 2.75) is 157 Å². The summed E-state index contributed by atoms with van der Waals surface area (Å²) in [6, 6.07) is 15.3. The van der Waals surface area contributed by atoms with Crippen molar-refractivity contribution in [3.8, 4) is 57.5 Å². The second-order valence-electron chi connectivity index (χ2n) is 29.5. The first-order chi connectivity index (χ1) is 61.0. The lowest BCUT2D eigenvalue weighted by Crippen LogP contribution is -2.26. The fourth-order valence-corrected chi connectivity index (χ4v) is 13.0. The van der Waals surface area contributed by atoms with Crippen molar-refractivity contribution < 1.29 is 85.5 Å². The highest BCUT2D eigenvalue weighted by molar-refractivity contribution is 5.77. The van der Waals surface area contributed by atoms with Gasteiger partial charge in [0, 0.05) is 151 Å². The van der Waals surface area contributed by atoms with Gasteiger partial charge in [-0.25, -0.2) is 24.9 Å². The van der Waals surface area contributed by atoms with Crippen LogP contribution < -0.4 is 109 Å². The number of anilines is 7. The summed E-state index contributed by atoms with van der Waals surface area (Å²) in [6.07, 6.45) is 18.5. The molecule has 0 atom stereocenters. The van der Waals surface area contributed by atoms with Crippen molar-refractivity contribution in [2.24, 2.45) is 0 Å². The number of carbonyl (C=O) groups excluding carboxylic acids is 4. The number of nitrogen functional groups attached to an aromatic ring is 7. The summed E-state index contributed by atoms with van der Waals surface area (Å²) < 4.78 is 80.1. The number of benzene rings is 4. The molecule has 4 aromatic heterocycles. The van der Waals surface area contributed by atoms with Gasteiger partial charge in [0.2, 0.25) is 53.0 Å². The van der Waals surface area contributed by atoms with Gasteiger partial charge in [-0.05, 0) is 168 Å². The lowest BCUT2D eigenvalue weighted by Gasteiger charge is -2.16. The molecule has 0 aliphatic rings. The Morgan fingerprint density at radius 1 is 0.291 bits per heavy atom. The Labute approximate surface area is 745 Å². The van der Waals surface area contributed by atoms with E-state index in [1.165, 1.54) is 0 Å². The van der Waals surface area contributed by atoms with Crippen molar-refractivity contribution in [1.29, 1.82) is 0 Å². The highest BCUT2D eigenvalue weighted by Crippen LogP contribution is 2.42. The Kier molecular flexibility index (Phi) is 47.1. The van der Waals surface area contributed by atoms with Gasteiger partial charge in [-0.2, -0.15) is 15.0 Å². The molecule has 4 amide bonds. The third kappa shape index (κ3) is 37.7. The monoisotopic (exact) mass is 1770 g/mol. The SMILES string of the molecule is C.COc1cc(Cc2cnc(C)nc2N)cc(C)c1OCCCCC(=O)NCCCOCCOCCOCCCNC(=O)CCCCOc1c(OC)cc(Cc2cnc(N)nc2N)cc1OC.COc1cc(Cc2cnc(N)nc2N)cc(C)c1OCCCCC(=O)NCCCOCCCNC(=O)CCCCOc1c(OC)cc(Cc2cnc(N)nc2N)cc1OC. The standard InChI is InChI=1S/C47H69N9O10.C42H60N10O8.CH4/c1-32-24-34(25-36-30-53-33(2)55-45(36)48)27-38(59-3)43(32)65-18-8-6-12-41(57)51-14-10-16-62-20-22-64-23-21-63-17-11-15-52-42(58)13-7-9-19-66-44-39(60-4)28-35(29-40(44)61-5)26-37-31-54-47(50)56-46(37)49;1-27-19-28(20-30-25-49-41(45)51-39(30)43)22-32(55-2)37(27)59-17-7-5-11-35(53)47-13-9-15-58-16-10-14-48-36(54)12-6-8-18-60-38-33(56-3)23-29(24-34(38)57-4)21-31-26-50-42(46)52-40(31)44;/h24,27-31H,6-23,25-26H2,1-5H3,(H,51,57)(H,52,58)(H2,48,53,55)(H4,49,50,54,56);19,22-26H,5-18,20-21H2,1-4H3,(H,47,53)(H,48,54)(H4,43,45,49,51)(H4,44,46,50,52);1H4. The molecule has 0 fully saturated rings. The Morgan fingerprint density at radius 2 is 0.528 bits per heavy atom. The lowest BCUT2D eigenvalue weighted by molar-refractivity contribution is -0.122. The fourth-order valence-electron chi connectivity index (χ4n) is 13.0. The van der Waals surface area contributed by atoms with Gasteiger partial charge in [0.15, 0.2) is 46.0 Å².